The average Bonchev–Trinajstić information content (AvgIpc) is 3.05. The lowest BCUT2D eigenvalue weighted by Gasteiger charge is -2.18. The molecule has 1 heterocycles. The first-order valence-electron chi connectivity index (χ1n) is 10.1. The summed E-state index contributed by atoms with van der Waals surface area (Å²) >= 11 is 1.53. The first-order chi connectivity index (χ1) is 14.1. The topological polar surface area (TPSA) is 55.4 Å². The number of rotatable bonds is 5. The van der Waals surface area contributed by atoms with Gasteiger partial charge in [-0.3, -0.25) is 4.79 Å². The van der Waals surface area contributed by atoms with E-state index in [1.807, 2.05) is 42.5 Å². The van der Waals surface area contributed by atoms with E-state index in [0.29, 0.717) is 23.1 Å². The molecule has 1 aromatic heterocycles. The van der Waals surface area contributed by atoms with Crippen LogP contribution >= 0.6 is 11.3 Å². The lowest BCUT2D eigenvalue weighted by Crippen LogP contribution is -2.18. The molecule has 0 fully saturated rings. The van der Waals surface area contributed by atoms with Crippen molar-refractivity contribution >= 4 is 39.0 Å². The van der Waals surface area contributed by atoms with Crippen LogP contribution in [0.3, 0.4) is 0 Å². The van der Waals surface area contributed by atoms with Crippen molar-refractivity contribution in [3.8, 4) is 0 Å². The van der Waals surface area contributed by atoms with Crippen LogP contribution in [0.4, 0.5) is 5.00 Å². The second-order valence-electron chi connectivity index (χ2n) is 7.64. The highest BCUT2D eigenvalue weighted by molar-refractivity contribution is 7.17. The van der Waals surface area contributed by atoms with Crippen molar-refractivity contribution in [3.63, 3.8) is 0 Å². The van der Waals surface area contributed by atoms with Gasteiger partial charge in [-0.25, -0.2) is 4.79 Å². The predicted octanol–water partition coefficient (Wildman–Crippen LogP) is 5.38. The van der Waals surface area contributed by atoms with Gasteiger partial charge in [0.2, 0.25) is 5.91 Å². The second kappa shape index (κ2) is 8.37. The molecule has 0 bridgehead atoms. The summed E-state index contributed by atoms with van der Waals surface area (Å²) in [4.78, 5) is 26.7. The fraction of sp³-hybridized carbons (Fsp3) is 0.333. The molecule has 1 N–H and O–H groups in total. The summed E-state index contributed by atoms with van der Waals surface area (Å²) in [5, 5.41) is 5.84. The van der Waals surface area contributed by atoms with Crippen LogP contribution in [0.1, 0.15) is 46.6 Å². The Labute approximate surface area is 174 Å². The number of fused-ring (bicyclic) bond motifs is 2. The Hall–Kier alpha value is -2.66. The molecule has 0 radical (unpaired) electrons. The number of amides is 1. The number of hydrogen-bond donors (Lipinski definition) is 1. The number of carbonyl (C=O) groups is 2. The summed E-state index contributed by atoms with van der Waals surface area (Å²) < 4.78 is 5.29. The zero-order chi connectivity index (χ0) is 20.4. The van der Waals surface area contributed by atoms with Crippen molar-refractivity contribution in [2.24, 2.45) is 5.92 Å². The van der Waals surface area contributed by atoms with Gasteiger partial charge < -0.3 is 10.1 Å². The lowest BCUT2D eigenvalue weighted by atomic mass is 9.88. The van der Waals surface area contributed by atoms with Crippen molar-refractivity contribution in [3.05, 3.63) is 64.0 Å². The summed E-state index contributed by atoms with van der Waals surface area (Å²) in [5.74, 6) is 0.147. The van der Waals surface area contributed by atoms with E-state index in [4.69, 9.17) is 4.74 Å². The number of thiophene rings is 1. The average molecular weight is 408 g/mol. The van der Waals surface area contributed by atoms with E-state index in [1.54, 1.807) is 6.92 Å². The molecule has 0 saturated heterocycles. The van der Waals surface area contributed by atoms with Gasteiger partial charge in [-0.2, -0.15) is 0 Å². The van der Waals surface area contributed by atoms with E-state index < -0.39 is 0 Å². The van der Waals surface area contributed by atoms with Crippen LogP contribution in [-0.2, 0) is 28.8 Å². The van der Waals surface area contributed by atoms with E-state index in [1.165, 1.54) is 16.2 Å². The third-order valence-corrected chi connectivity index (χ3v) is 6.64. The molecule has 1 atom stereocenters. The molecule has 0 spiro atoms. The zero-order valence-electron chi connectivity index (χ0n) is 16.8. The van der Waals surface area contributed by atoms with Gasteiger partial charge in [0.1, 0.15) is 5.00 Å². The van der Waals surface area contributed by atoms with Gasteiger partial charge in [0.15, 0.2) is 0 Å². The third kappa shape index (κ3) is 4.06. The molecule has 1 aliphatic rings. The first-order valence-corrected chi connectivity index (χ1v) is 11.0. The maximum absolute atomic E-state index is 12.9. The number of nitrogens with one attached hydrogen (secondary N) is 1. The molecule has 5 heteroatoms. The summed E-state index contributed by atoms with van der Waals surface area (Å²) in [5.41, 5.74) is 2.60. The Bertz CT molecular complexity index is 1060. The fourth-order valence-electron chi connectivity index (χ4n) is 4.05. The van der Waals surface area contributed by atoms with E-state index in [9.17, 15) is 9.59 Å². The minimum atomic E-state index is -0.333. The van der Waals surface area contributed by atoms with Gasteiger partial charge in [0, 0.05) is 4.88 Å². The third-order valence-electron chi connectivity index (χ3n) is 5.48. The number of hydrogen-bond acceptors (Lipinski definition) is 4. The Morgan fingerprint density at radius 3 is 2.79 bits per heavy atom. The van der Waals surface area contributed by atoms with Crippen LogP contribution in [0.25, 0.3) is 10.8 Å². The molecule has 0 aliphatic heterocycles. The molecule has 4 nitrogen and oxygen atoms in total. The van der Waals surface area contributed by atoms with Crippen molar-refractivity contribution < 1.29 is 14.3 Å². The van der Waals surface area contributed by atoms with E-state index >= 15 is 0 Å². The molecule has 2 aromatic carbocycles. The van der Waals surface area contributed by atoms with Crippen LogP contribution in [0.15, 0.2) is 42.5 Å². The number of anilines is 1. The number of ether oxygens (including phenoxy) is 1. The van der Waals surface area contributed by atoms with Gasteiger partial charge in [-0.05, 0) is 54.0 Å². The van der Waals surface area contributed by atoms with Gasteiger partial charge in [0.25, 0.3) is 0 Å². The van der Waals surface area contributed by atoms with E-state index in [2.05, 4.69) is 12.2 Å². The molecule has 29 heavy (non-hydrogen) atoms. The monoisotopic (exact) mass is 407 g/mol. The largest absolute Gasteiger partial charge is 0.462 e. The Morgan fingerprint density at radius 1 is 1.17 bits per heavy atom. The van der Waals surface area contributed by atoms with Gasteiger partial charge in [-0.1, -0.05) is 49.4 Å². The zero-order valence-corrected chi connectivity index (χ0v) is 17.6. The minimum Gasteiger partial charge on any atom is -0.462 e. The SMILES string of the molecule is CCOC(=O)c1c(NC(=O)Cc2cccc3ccccc23)sc2c1CC[C@@H](C)C2. The lowest BCUT2D eigenvalue weighted by molar-refractivity contribution is -0.115. The molecule has 150 valence electrons. The van der Waals surface area contributed by atoms with E-state index in [0.717, 1.165) is 41.2 Å². The molecule has 3 aromatic rings. The van der Waals surface area contributed by atoms with E-state index in [-0.39, 0.29) is 18.3 Å². The van der Waals surface area contributed by atoms with Crippen LogP contribution < -0.4 is 5.32 Å². The van der Waals surface area contributed by atoms with Crippen LogP contribution in [0.5, 0.6) is 0 Å². The van der Waals surface area contributed by atoms with Gasteiger partial charge in [0.05, 0.1) is 18.6 Å². The maximum atomic E-state index is 12.9. The standard InChI is InChI=1S/C24H25NO3S/c1-3-28-24(27)22-19-12-11-15(2)13-20(19)29-23(22)25-21(26)14-17-9-6-8-16-7-4-5-10-18(16)17/h4-10,15H,3,11-14H2,1-2H3,(H,25,26)/t15-/m1/s1. The Kier molecular flexibility index (Phi) is 5.67. The van der Waals surface area contributed by atoms with Crippen molar-refractivity contribution in [2.45, 2.75) is 39.5 Å². The Balaban J connectivity index is 1.61. The number of benzene rings is 2. The van der Waals surface area contributed by atoms with Gasteiger partial charge >= 0.3 is 5.97 Å². The van der Waals surface area contributed by atoms with Crippen molar-refractivity contribution in [1.82, 2.24) is 0 Å². The molecule has 1 amide bonds. The Morgan fingerprint density at radius 2 is 1.97 bits per heavy atom. The summed E-state index contributed by atoms with van der Waals surface area (Å²) in [6.07, 6.45) is 3.13. The highest BCUT2D eigenvalue weighted by atomic mass is 32.1. The number of esters is 1. The molecule has 0 unspecified atom stereocenters. The van der Waals surface area contributed by atoms with Crippen molar-refractivity contribution in [1.29, 1.82) is 0 Å². The van der Waals surface area contributed by atoms with Gasteiger partial charge in [-0.15, -0.1) is 11.3 Å². The maximum Gasteiger partial charge on any atom is 0.341 e. The normalized spacial score (nSPS) is 15.7. The van der Waals surface area contributed by atoms with Crippen LogP contribution in [0.2, 0.25) is 0 Å². The quantitative estimate of drug-likeness (QED) is 0.578. The highest BCUT2D eigenvalue weighted by Crippen LogP contribution is 2.40. The minimum absolute atomic E-state index is 0.112. The first kappa shape index (κ1) is 19.6. The highest BCUT2D eigenvalue weighted by Gasteiger charge is 2.29. The summed E-state index contributed by atoms with van der Waals surface area (Å²) in [6.45, 7) is 4.35. The smallest absolute Gasteiger partial charge is 0.341 e. The summed E-state index contributed by atoms with van der Waals surface area (Å²) in [6, 6.07) is 14.1. The second-order valence-corrected chi connectivity index (χ2v) is 8.74. The molecule has 0 saturated carbocycles. The summed E-state index contributed by atoms with van der Waals surface area (Å²) in [7, 11) is 0. The molecule has 1 aliphatic carbocycles. The number of carbonyl (C=O) groups excluding carboxylic acids is 2. The predicted molar refractivity (Wildman–Crippen MR) is 118 cm³/mol. The molecular formula is C24H25NO3S. The van der Waals surface area contributed by atoms with Crippen LogP contribution in [-0.4, -0.2) is 18.5 Å². The van der Waals surface area contributed by atoms with Crippen LogP contribution in [0, 0.1) is 5.92 Å². The molecule has 4 rings (SSSR count). The van der Waals surface area contributed by atoms with Crippen molar-refractivity contribution in [2.75, 3.05) is 11.9 Å². The molecular weight excluding hydrogens is 382 g/mol. The fourth-order valence-corrected chi connectivity index (χ4v) is 5.46.